The maximum absolute atomic E-state index is 12.8. The van der Waals surface area contributed by atoms with E-state index in [1.54, 1.807) is 0 Å². The van der Waals surface area contributed by atoms with Crippen molar-refractivity contribution in [2.75, 3.05) is 0 Å². The van der Waals surface area contributed by atoms with E-state index in [-0.39, 0.29) is 23.2 Å². The van der Waals surface area contributed by atoms with E-state index in [0.29, 0.717) is 12.5 Å². The third-order valence-electron chi connectivity index (χ3n) is 7.82. The van der Waals surface area contributed by atoms with Gasteiger partial charge < -0.3 is 4.57 Å². The molecule has 0 amide bonds. The average molecular weight is 451 g/mol. The van der Waals surface area contributed by atoms with Crippen LogP contribution in [0, 0.1) is 23.2 Å². The van der Waals surface area contributed by atoms with Crippen molar-refractivity contribution in [3.8, 4) is 17.5 Å². The zero-order chi connectivity index (χ0) is 24.0. The molecule has 0 bridgehead atoms. The van der Waals surface area contributed by atoms with Crippen LogP contribution in [0.3, 0.4) is 0 Å². The molecule has 5 heteroatoms. The van der Waals surface area contributed by atoms with Gasteiger partial charge in [0, 0.05) is 41.5 Å². The fourth-order valence-corrected chi connectivity index (χ4v) is 5.85. The Kier molecular flexibility index (Phi) is 5.48. The number of imidazole rings is 1. The Balaban J connectivity index is 1.70. The lowest BCUT2D eigenvalue weighted by Crippen LogP contribution is -2.45. The third-order valence-corrected chi connectivity index (χ3v) is 7.82. The number of rotatable bonds is 4. The molecular weight excluding hydrogens is 420 g/mol. The molecule has 3 atom stereocenters. The average Bonchev–Trinajstić information content (AvgIpc) is 3.21. The number of hydrogen-bond acceptors (Lipinski definition) is 4. The van der Waals surface area contributed by atoms with Crippen molar-refractivity contribution in [1.29, 1.82) is 5.26 Å². The largest absolute Gasteiger partial charge is 0.323 e. The van der Waals surface area contributed by atoms with Gasteiger partial charge in [0.15, 0.2) is 5.78 Å². The second-order valence-corrected chi connectivity index (χ2v) is 10.2. The topological polar surface area (TPSA) is 71.6 Å². The quantitative estimate of drug-likeness (QED) is 0.518. The zero-order valence-corrected chi connectivity index (χ0v) is 20.2. The summed E-state index contributed by atoms with van der Waals surface area (Å²) >= 11 is 0. The van der Waals surface area contributed by atoms with E-state index in [1.165, 1.54) is 16.8 Å². The summed E-state index contributed by atoms with van der Waals surface area (Å²) in [6, 6.07) is 14.9. The van der Waals surface area contributed by atoms with Crippen molar-refractivity contribution in [2.24, 2.45) is 11.8 Å². The van der Waals surface area contributed by atoms with E-state index in [9.17, 15) is 10.1 Å². The van der Waals surface area contributed by atoms with Gasteiger partial charge in [0.2, 0.25) is 0 Å². The highest BCUT2D eigenvalue weighted by atomic mass is 16.1. The number of nitrogens with zero attached hydrogens (tertiary/aromatic N) is 4. The molecule has 3 aromatic rings. The molecule has 0 saturated carbocycles. The predicted molar refractivity (Wildman–Crippen MR) is 132 cm³/mol. The number of benzene rings is 1. The van der Waals surface area contributed by atoms with Gasteiger partial charge in [-0.15, -0.1) is 0 Å². The summed E-state index contributed by atoms with van der Waals surface area (Å²) in [6.45, 7) is 9.23. The molecule has 0 radical (unpaired) electrons. The number of hydrogen-bond donors (Lipinski definition) is 0. The van der Waals surface area contributed by atoms with E-state index in [0.717, 1.165) is 29.9 Å². The van der Waals surface area contributed by atoms with Crippen LogP contribution in [0.4, 0.5) is 0 Å². The van der Waals surface area contributed by atoms with Crippen molar-refractivity contribution >= 4 is 5.78 Å². The maximum atomic E-state index is 12.8. The molecule has 0 fully saturated rings. The van der Waals surface area contributed by atoms with E-state index >= 15 is 0 Å². The van der Waals surface area contributed by atoms with Crippen molar-refractivity contribution in [1.82, 2.24) is 14.5 Å². The molecule has 2 aromatic heterocycles. The van der Waals surface area contributed by atoms with Crippen LogP contribution in [-0.4, -0.2) is 20.3 Å². The standard InChI is InChI=1S/C29H30N4O/c1-18(2)21-5-7-22(8-6-21)28-32-27-25(33(28)17-20-11-13-31-14-12-20)10-9-24-19(3)26(34)23(16-30)15-29(24,27)4/h5-8,11-15,18-19,24H,9-10,17H2,1-4H3/t19-,24-,29-/m1/s1. The number of ketones is 1. The molecule has 0 saturated heterocycles. The Morgan fingerprint density at radius 3 is 2.53 bits per heavy atom. The van der Waals surface area contributed by atoms with E-state index in [4.69, 9.17) is 4.98 Å². The first-order chi connectivity index (χ1) is 16.3. The summed E-state index contributed by atoms with van der Waals surface area (Å²) in [6.07, 6.45) is 7.31. The number of nitriles is 1. The molecule has 172 valence electrons. The minimum absolute atomic E-state index is 0.0332. The van der Waals surface area contributed by atoms with E-state index < -0.39 is 5.41 Å². The molecule has 34 heavy (non-hydrogen) atoms. The highest BCUT2D eigenvalue weighted by Gasteiger charge is 2.50. The van der Waals surface area contributed by atoms with Gasteiger partial charge in [0.25, 0.3) is 0 Å². The normalized spacial score (nSPS) is 23.8. The Morgan fingerprint density at radius 2 is 1.88 bits per heavy atom. The summed E-state index contributed by atoms with van der Waals surface area (Å²) in [4.78, 5) is 22.2. The van der Waals surface area contributed by atoms with Gasteiger partial charge in [-0.3, -0.25) is 9.78 Å². The van der Waals surface area contributed by atoms with Crippen LogP contribution in [0.1, 0.15) is 62.5 Å². The Bertz CT molecular complexity index is 1310. The number of pyridine rings is 1. The number of allylic oxidation sites excluding steroid dienone is 2. The summed E-state index contributed by atoms with van der Waals surface area (Å²) in [5.41, 5.74) is 5.59. The summed E-state index contributed by atoms with van der Waals surface area (Å²) in [5, 5.41) is 9.66. The Labute approximate surface area is 201 Å². The molecule has 1 aromatic carbocycles. The minimum Gasteiger partial charge on any atom is -0.323 e. The lowest BCUT2D eigenvalue weighted by Gasteiger charge is -2.44. The van der Waals surface area contributed by atoms with Crippen molar-refractivity contribution < 1.29 is 4.79 Å². The molecular formula is C29H30N4O. The smallest absolute Gasteiger partial charge is 0.176 e. The highest BCUT2D eigenvalue weighted by molar-refractivity contribution is 6.02. The molecule has 0 unspecified atom stereocenters. The van der Waals surface area contributed by atoms with Crippen LogP contribution in [0.15, 0.2) is 60.4 Å². The second-order valence-electron chi connectivity index (χ2n) is 10.2. The molecule has 2 aliphatic rings. The summed E-state index contributed by atoms with van der Waals surface area (Å²) in [5.74, 6) is 1.33. The monoisotopic (exact) mass is 450 g/mol. The van der Waals surface area contributed by atoms with Crippen molar-refractivity contribution in [2.45, 2.75) is 58.4 Å². The molecule has 0 aliphatic heterocycles. The van der Waals surface area contributed by atoms with Crippen LogP contribution in [-0.2, 0) is 23.2 Å². The number of aromatic nitrogens is 3. The second kappa shape index (κ2) is 8.36. The Morgan fingerprint density at radius 1 is 1.18 bits per heavy atom. The first-order valence-electron chi connectivity index (χ1n) is 12.1. The summed E-state index contributed by atoms with van der Waals surface area (Å²) in [7, 11) is 0. The van der Waals surface area contributed by atoms with Gasteiger partial charge in [-0.25, -0.2) is 4.98 Å². The van der Waals surface area contributed by atoms with Crippen LogP contribution >= 0.6 is 0 Å². The Hall–Kier alpha value is -3.52. The molecule has 0 spiro atoms. The van der Waals surface area contributed by atoms with Crippen LogP contribution in [0.5, 0.6) is 0 Å². The van der Waals surface area contributed by atoms with Crippen LogP contribution < -0.4 is 0 Å². The fourth-order valence-electron chi connectivity index (χ4n) is 5.85. The first-order valence-corrected chi connectivity index (χ1v) is 12.1. The summed E-state index contributed by atoms with van der Waals surface area (Å²) < 4.78 is 2.33. The van der Waals surface area contributed by atoms with Gasteiger partial charge in [-0.2, -0.15) is 5.26 Å². The molecule has 5 rings (SSSR count). The van der Waals surface area contributed by atoms with Gasteiger partial charge in [-0.05, 0) is 47.9 Å². The number of carbonyl (C=O) groups excluding carboxylic acids is 1. The molecule has 2 heterocycles. The van der Waals surface area contributed by atoms with Gasteiger partial charge in [0.05, 0.1) is 11.3 Å². The van der Waals surface area contributed by atoms with Crippen LogP contribution in [0.2, 0.25) is 0 Å². The minimum atomic E-state index is -0.442. The van der Waals surface area contributed by atoms with Gasteiger partial charge >= 0.3 is 0 Å². The fraction of sp³-hybridized carbons (Fsp3) is 0.379. The van der Waals surface area contributed by atoms with Gasteiger partial charge in [0.1, 0.15) is 11.9 Å². The van der Waals surface area contributed by atoms with E-state index in [2.05, 4.69) is 60.7 Å². The maximum Gasteiger partial charge on any atom is 0.176 e. The predicted octanol–water partition coefficient (Wildman–Crippen LogP) is 5.61. The molecule has 0 N–H and O–H groups in total. The zero-order valence-electron chi connectivity index (χ0n) is 20.2. The van der Waals surface area contributed by atoms with Gasteiger partial charge in [-0.1, -0.05) is 58.0 Å². The van der Waals surface area contributed by atoms with Crippen LogP contribution in [0.25, 0.3) is 11.4 Å². The SMILES string of the molecule is CC(C)c1ccc(-c2nc3c(n2Cc2ccncc2)CC[C@@H]2[C@@H](C)C(=O)C(C#N)=C[C@@]32C)cc1. The number of fused-ring (bicyclic) bond motifs is 3. The van der Waals surface area contributed by atoms with Crippen molar-refractivity contribution in [3.63, 3.8) is 0 Å². The van der Waals surface area contributed by atoms with Crippen molar-refractivity contribution in [3.05, 3.63) is 83.0 Å². The first kappa shape index (κ1) is 22.3. The molecule has 2 aliphatic carbocycles. The van der Waals surface area contributed by atoms with E-state index in [1.807, 2.05) is 37.5 Å². The number of carbonyl (C=O) groups is 1. The lowest BCUT2D eigenvalue weighted by atomic mass is 9.58. The lowest BCUT2D eigenvalue weighted by molar-refractivity contribution is -0.121. The third kappa shape index (κ3) is 3.49. The molecule has 5 nitrogen and oxygen atoms in total. The number of Topliss-reactive ketones (excluding diaryl/α,β-unsaturated/α-hetero) is 1. The highest BCUT2D eigenvalue weighted by Crippen LogP contribution is 2.50.